The molecular formula is C26H33N3O5S. The Morgan fingerprint density at radius 3 is 2.40 bits per heavy atom. The number of hydrogen-bond acceptors (Lipinski definition) is 6. The number of rotatable bonds is 9. The lowest BCUT2D eigenvalue weighted by Gasteiger charge is -2.34. The van der Waals surface area contributed by atoms with Crippen LogP contribution in [0.4, 0.5) is 0 Å². The van der Waals surface area contributed by atoms with Crippen LogP contribution in [0, 0.1) is 12.8 Å². The Balaban J connectivity index is 1.49. The normalized spacial score (nSPS) is 16.9. The monoisotopic (exact) mass is 499 g/mol. The minimum absolute atomic E-state index is 0.131. The molecule has 2 heterocycles. The summed E-state index contributed by atoms with van der Waals surface area (Å²) in [6, 6.07) is 15.3. The van der Waals surface area contributed by atoms with Crippen LogP contribution in [0.3, 0.4) is 0 Å². The van der Waals surface area contributed by atoms with Crippen molar-refractivity contribution in [3.8, 4) is 0 Å². The molecule has 2 N–H and O–H groups in total. The van der Waals surface area contributed by atoms with E-state index in [1.807, 2.05) is 57.2 Å². The molecule has 0 saturated carbocycles. The molecule has 1 aromatic heterocycles. The van der Waals surface area contributed by atoms with Crippen LogP contribution < -0.4 is 10.0 Å². The van der Waals surface area contributed by atoms with E-state index >= 15 is 0 Å². The Labute approximate surface area is 206 Å². The number of carbonyl (C=O) groups is 1. The van der Waals surface area contributed by atoms with Gasteiger partial charge in [0.25, 0.3) is 0 Å². The number of amides is 1. The van der Waals surface area contributed by atoms with Crippen molar-refractivity contribution in [2.24, 2.45) is 5.92 Å². The van der Waals surface area contributed by atoms with Crippen molar-refractivity contribution >= 4 is 26.7 Å². The maximum atomic E-state index is 13.2. The summed E-state index contributed by atoms with van der Waals surface area (Å²) in [6.45, 7) is 8.51. The van der Waals surface area contributed by atoms with Crippen LogP contribution in [0.15, 0.2) is 63.9 Å². The molecule has 2 atom stereocenters. The van der Waals surface area contributed by atoms with Crippen molar-refractivity contribution < 1.29 is 22.4 Å². The van der Waals surface area contributed by atoms with Gasteiger partial charge in [0.2, 0.25) is 15.9 Å². The Hall–Kier alpha value is -2.72. The third-order valence-corrected chi connectivity index (χ3v) is 7.75. The second-order valence-corrected chi connectivity index (χ2v) is 10.9. The highest BCUT2D eigenvalue weighted by molar-refractivity contribution is 7.89. The molecule has 2 aromatic carbocycles. The summed E-state index contributed by atoms with van der Waals surface area (Å²) in [4.78, 5) is 15.6. The number of hydrogen-bond donors (Lipinski definition) is 2. The highest BCUT2D eigenvalue weighted by atomic mass is 32.2. The molecular weight excluding hydrogens is 466 g/mol. The zero-order chi connectivity index (χ0) is 25.0. The van der Waals surface area contributed by atoms with E-state index in [9.17, 15) is 13.2 Å². The Kier molecular flexibility index (Phi) is 7.91. The molecule has 3 aromatic rings. The number of aryl methyl sites for hydroxylation is 1. The average Bonchev–Trinajstić information content (AvgIpc) is 3.28. The first kappa shape index (κ1) is 25.4. The number of nitrogens with zero attached hydrogens (tertiary/aromatic N) is 1. The standard InChI is InChI=1S/C26H33N3O5S/c1-18(2)25(28-35(31,32)22-10-9-20-6-4-5-7-21(20)16-22)26(30)27-17-23(24-11-8-19(3)34-24)29-12-14-33-15-13-29/h4-11,16,18,23,25,28H,12-15,17H2,1-3H3,(H,27,30). The van der Waals surface area contributed by atoms with Crippen molar-refractivity contribution in [3.63, 3.8) is 0 Å². The van der Waals surface area contributed by atoms with Crippen molar-refractivity contribution in [3.05, 3.63) is 66.1 Å². The van der Waals surface area contributed by atoms with E-state index < -0.39 is 16.1 Å². The summed E-state index contributed by atoms with van der Waals surface area (Å²) in [7, 11) is -3.91. The van der Waals surface area contributed by atoms with Crippen molar-refractivity contribution in [1.82, 2.24) is 14.9 Å². The van der Waals surface area contributed by atoms with Gasteiger partial charge in [0.15, 0.2) is 0 Å². The number of nitrogens with one attached hydrogen (secondary N) is 2. The lowest BCUT2D eigenvalue weighted by atomic mass is 10.0. The molecule has 188 valence electrons. The number of morpholine rings is 1. The third-order valence-electron chi connectivity index (χ3n) is 6.31. The molecule has 4 rings (SSSR count). The topological polar surface area (TPSA) is 101 Å². The lowest BCUT2D eigenvalue weighted by molar-refractivity contribution is -0.124. The molecule has 1 aliphatic heterocycles. The van der Waals surface area contributed by atoms with Gasteiger partial charge in [-0.3, -0.25) is 9.69 Å². The molecule has 1 fully saturated rings. The van der Waals surface area contributed by atoms with Gasteiger partial charge >= 0.3 is 0 Å². The SMILES string of the molecule is Cc1ccc(C(CNC(=O)C(NS(=O)(=O)c2ccc3ccccc3c2)C(C)C)N2CCOCC2)o1. The van der Waals surface area contributed by atoms with E-state index in [1.54, 1.807) is 18.2 Å². The van der Waals surface area contributed by atoms with Gasteiger partial charge in [-0.1, -0.05) is 44.2 Å². The van der Waals surface area contributed by atoms with Gasteiger partial charge in [0.05, 0.1) is 24.2 Å². The summed E-state index contributed by atoms with van der Waals surface area (Å²) >= 11 is 0. The molecule has 35 heavy (non-hydrogen) atoms. The average molecular weight is 500 g/mol. The molecule has 9 heteroatoms. The number of carbonyl (C=O) groups excluding carboxylic acids is 1. The van der Waals surface area contributed by atoms with Gasteiger partial charge < -0.3 is 14.5 Å². The van der Waals surface area contributed by atoms with Crippen LogP contribution in [0.1, 0.15) is 31.4 Å². The molecule has 1 saturated heterocycles. The minimum Gasteiger partial charge on any atom is -0.465 e. The molecule has 0 radical (unpaired) electrons. The zero-order valence-electron chi connectivity index (χ0n) is 20.4. The molecule has 0 bridgehead atoms. The van der Waals surface area contributed by atoms with Crippen LogP contribution in [0.5, 0.6) is 0 Å². The van der Waals surface area contributed by atoms with E-state index in [0.29, 0.717) is 19.8 Å². The van der Waals surface area contributed by atoms with Crippen molar-refractivity contribution in [1.29, 1.82) is 0 Å². The zero-order valence-corrected chi connectivity index (χ0v) is 21.2. The van der Waals surface area contributed by atoms with Crippen molar-refractivity contribution in [2.75, 3.05) is 32.8 Å². The van der Waals surface area contributed by atoms with Gasteiger partial charge in [-0.2, -0.15) is 4.72 Å². The maximum absolute atomic E-state index is 13.2. The van der Waals surface area contributed by atoms with Gasteiger partial charge in [0.1, 0.15) is 17.6 Å². The van der Waals surface area contributed by atoms with Gasteiger partial charge in [-0.05, 0) is 47.9 Å². The highest BCUT2D eigenvalue weighted by Gasteiger charge is 2.31. The molecule has 0 aliphatic carbocycles. The Bertz CT molecular complexity index is 1260. The number of fused-ring (bicyclic) bond motifs is 1. The molecule has 8 nitrogen and oxygen atoms in total. The van der Waals surface area contributed by atoms with E-state index in [0.717, 1.165) is 35.4 Å². The van der Waals surface area contributed by atoms with Crippen LogP contribution in [-0.2, 0) is 19.6 Å². The summed E-state index contributed by atoms with van der Waals surface area (Å²) in [5, 5.41) is 4.74. The fourth-order valence-electron chi connectivity index (χ4n) is 4.30. The third kappa shape index (κ3) is 6.10. The van der Waals surface area contributed by atoms with Crippen LogP contribution in [0.25, 0.3) is 10.8 Å². The highest BCUT2D eigenvalue weighted by Crippen LogP contribution is 2.24. The van der Waals surface area contributed by atoms with E-state index in [-0.39, 0.29) is 22.8 Å². The summed E-state index contributed by atoms with van der Waals surface area (Å²) in [5.41, 5.74) is 0. The van der Waals surface area contributed by atoms with Crippen LogP contribution >= 0.6 is 0 Å². The minimum atomic E-state index is -3.91. The lowest BCUT2D eigenvalue weighted by Crippen LogP contribution is -2.51. The first-order chi connectivity index (χ1) is 16.7. The smallest absolute Gasteiger partial charge is 0.241 e. The van der Waals surface area contributed by atoms with E-state index in [4.69, 9.17) is 9.15 Å². The van der Waals surface area contributed by atoms with Gasteiger partial charge in [0, 0.05) is 19.6 Å². The van der Waals surface area contributed by atoms with Crippen LogP contribution in [-0.4, -0.2) is 58.1 Å². The first-order valence-electron chi connectivity index (χ1n) is 11.9. The fraction of sp³-hybridized carbons (Fsp3) is 0.423. The summed E-state index contributed by atoms with van der Waals surface area (Å²) < 4.78 is 40.3. The summed E-state index contributed by atoms with van der Waals surface area (Å²) in [5.74, 6) is 0.944. The number of furan rings is 1. The second kappa shape index (κ2) is 10.9. The summed E-state index contributed by atoms with van der Waals surface area (Å²) in [6.07, 6.45) is 0. The van der Waals surface area contributed by atoms with Crippen LogP contribution in [0.2, 0.25) is 0 Å². The number of benzene rings is 2. The van der Waals surface area contributed by atoms with E-state index in [2.05, 4.69) is 14.9 Å². The van der Waals surface area contributed by atoms with Gasteiger partial charge in [-0.25, -0.2) is 8.42 Å². The largest absolute Gasteiger partial charge is 0.465 e. The molecule has 2 unspecified atom stereocenters. The quantitative estimate of drug-likeness (QED) is 0.469. The molecule has 1 amide bonds. The first-order valence-corrected chi connectivity index (χ1v) is 13.4. The Morgan fingerprint density at radius 1 is 1.03 bits per heavy atom. The van der Waals surface area contributed by atoms with Gasteiger partial charge in [-0.15, -0.1) is 0 Å². The maximum Gasteiger partial charge on any atom is 0.241 e. The molecule has 0 spiro atoms. The number of sulfonamides is 1. The Morgan fingerprint density at radius 2 is 1.74 bits per heavy atom. The number of ether oxygens (including phenoxy) is 1. The predicted molar refractivity (Wildman–Crippen MR) is 134 cm³/mol. The predicted octanol–water partition coefficient (Wildman–Crippen LogP) is 3.23. The van der Waals surface area contributed by atoms with E-state index in [1.165, 1.54) is 0 Å². The second-order valence-electron chi connectivity index (χ2n) is 9.21. The van der Waals surface area contributed by atoms with Crippen molar-refractivity contribution in [2.45, 2.75) is 37.8 Å². The fourth-order valence-corrected chi connectivity index (χ4v) is 5.68. The molecule has 1 aliphatic rings.